The van der Waals surface area contributed by atoms with Gasteiger partial charge in [0.25, 0.3) is 0 Å². The van der Waals surface area contributed by atoms with Gasteiger partial charge in [0.05, 0.1) is 0 Å². The van der Waals surface area contributed by atoms with Crippen LogP contribution in [0.1, 0.15) is 36.3 Å². The van der Waals surface area contributed by atoms with Gasteiger partial charge in [0, 0.05) is 19.5 Å². The summed E-state index contributed by atoms with van der Waals surface area (Å²) in [5.41, 5.74) is 2.20. The maximum atomic E-state index is 12.3. The SMILES string of the molecule is O=CC[C@@H](c1ccccc1)C1CCN(C(=O)OCc2ccccc2)CC1. The molecule has 1 aliphatic heterocycles. The summed E-state index contributed by atoms with van der Waals surface area (Å²) in [7, 11) is 0. The Kier molecular flexibility index (Phi) is 6.42. The maximum Gasteiger partial charge on any atom is 0.410 e. The van der Waals surface area contributed by atoms with Crippen molar-refractivity contribution < 1.29 is 14.3 Å². The molecule has 3 rings (SSSR count). The highest BCUT2D eigenvalue weighted by Crippen LogP contribution is 2.34. The monoisotopic (exact) mass is 351 g/mol. The first-order valence-electron chi connectivity index (χ1n) is 9.22. The van der Waals surface area contributed by atoms with Crippen molar-refractivity contribution in [3.63, 3.8) is 0 Å². The molecule has 4 heteroatoms. The molecule has 0 saturated carbocycles. The Labute approximate surface area is 154 Å². The predicted octanol–water partition coefficient (Wildman–Crippen LogP) is 4.41. The van der Waals surface area contributed by atoms with Crippen LogP contribution in [0.3, 0.4) is 0 Å². The lowest BCUT2D eigenvalue weighted by atomic mass is 9.78. The fraction of sp³-hybridized carbons (Fsp3) is 0.364. The van der Waals surface area contributed by atoms with E-state index >= 15 is 0 Å². The molecule has 1 aliphatic rings. The van der Waals surface area contributed by atoms with E-state index in [1.165, 1.54) is 5.56 Å². The van der Waals surface area contributed by atoms with Crippen LogP contribution >= 0.6 is 0 Å². The number of likely N-dealkylation sites (tertiary alicyclic amines) is 1. The molecule has 0 aliphatic carbocycles. The molecule has 1 atom stereocenters. The van der Waals surface area contributed by atoms with E-state index < -0.39 is 0 Å². The highest BCUT2D eigenvalue weighted by Gasteiger charge is 2.29. The van der Waals surface area contributed by atoms with E-state index in [9.17, 15) is 9.59 Å². The Bertz CT molecular complexity index is 694. The Balaban J connectivity index is 1.52. The number of carbonyl (C=O) groups is 2. The molecule has 0 aromatic heterocycles. The van der Waals surface area contributed by atoms with Crippen LogP contribution in [0.2, 0.25) is 0 Å². The molecule has 2 aromatic rings. The quantitative estimate of drug-likeness (QED) is 0.724. The number of hydrogen-bond acceptors (Lipinski definition) is 3. The first-order chi connectivity index (χ1) is 12.8. The van der Waals surface area contributed by atoms with E-state index in [4.69, 9.17) is 4.74 Å². The zero-order valence-electron chi connectivity index (χ0n) is 14.9. The molecule has 0 spiro atoms. The zero-order valence-corrected chi connectivity index (χ0v) is 14.9. The Morgan fingerprint density at radius 3 is 2.27 bits per heavy atom. The number of hydrogen-bond donors (Lipinski definition) is 0. The van der Waals surface area contributed by atoms with E-state index in [0.717, 1.165) is 24.7 Å². The average Bonchev–Trinajstić information content (AvgIpc) is 2.72. The summed E-state index contributed by atoms with van der Waals surface area (Å²) >= 11 is 0. The second kappa shape index (κ2) is 9.18. The van der Waals surface area contributed by atoms with Gasteiger partial charge in [-0.25, -0.2) is 4.79 Å². The van der Waals surface area contributed by atoms with E-state index in [1.807, 2.05) is 48.5 Å². The standard InChI is InChI=1S/C22H25NO3/c24-16-13-21(19-9-5-2-6-10-19)20-11-14-23(15-12-20)22(25)26-17-18-7-3-1-4-8-18/h1-10,16,20-21H,11-15,17H2/t21-/m0/s1. The summed E-state index contributed by atoms with van der Waals surface area (Å²) in [6.07, 6.45) is 3.09. The van der Waals surface area contributed by atoms with Crippen molar-refractivity contribution in [1.29, 1.82) is 0 Å². The minimum atomic E-state index is -0.251. The van der Waals surface area contributed by atoms with E-state index in [2.05, 4.69) is 12.1 Å². The third-order valence-electron chi connectivity index (χ3n) is 5.15. The number of amides is 1. The highest BCUT2D eigenvalue weighted by atomic mass is 16.6. The van der Waals surface area contributed by atoms with Gasteiger partial charge in [0.1, 0.15) is 12.9 Å². The maximum absolute atomic E-state index is 12.3. The molecule has 0 unspecified atom stereocenters. The van der Waals surface area contributed by atoms with Gasteiger partial charge in [-0.05, 0) is 35.8 Å². The van der Waals surface area contributed by atoms with Crippen molar-refractivity contribution >= 4 is 12.4 Å². The van der Waals surface area contributed by atoms with Crippen LogP contribution < -0.4 is 0 Å². The van der Waals surface area contributed by atoms with Gasteiger partial charge in [-0.2, -0.15) is 0 Å². The molecule has 1 saturated heterocycles. The molecule has 26 heavy (non-hydrogen) atoms. The number of nitrogens with zero attached hydrogens (tertiary/aromatic N) is 1. The van der Waals surface area contributed by atoms with Crippen LogP contribution in [0.25, 0.3) is 0 Å². The molecule has 1 amide bonds. The summed E-state index contributed by atoms with van der Waals surface area (Å²) in [6.45, 7) is 1.67. The molecule has 0 radical (unpaired) electrons. The molecule has 1 fully saturated rings. The van der Waals surface area contributed by atoms with E-state index in [-0.39, 0.29) is 12.0 Å². The number of carbonyl (C=O) groups excluding carboxylic acids is 2. The van der Waals surface area contributed by atoms with Gasteiger partial charge in [-0.1, -0.05) is 60.7 Å². The highest BCUT2D eigenvalue weighted by molar-refractivity contribution is 5.67. The lowest BCUT2D eigenvalue weighted by Gasteiger charge is -2.35. The van der Waals surface area contributed by atoms with Crippen molar-refractivity contribution in [1.82, 2.24) is 4.90 Å². The van der Waals surface area contributed by atoms with E-state index in [1.54, 1.807) is 4.90 Å². The normalized spacial score (nSPS) is 16.1. The molecule has 0 N–H and O–H groups in total. The predicted molar refractivity (Wildman–Crippen MR) is 101 cm³/mol. The number of benzene rings is 2. The van der Waals surface area contributed by atoms with Gasteiger partial charge in [-0.3, -0.25) is 0 Å². The van der Waals surface area contributed by atoms with Crippen LogP contribution in [-0.4, -0.2) is 30.4 Å². The Hall–Kier alpha value is -2.62. The molecule has 1 heterocycles. The Morgan fingerprint density at radius 2 is 1.65 bits per heavy atom. The van der Waals surface area contributed by atoms with Gasteiger partial charge in [-0.15, -0.1) is 0 Å². The van der Waals surface area contributed by atoms with E-state index in [0.29, 0.717) is 32.0 Å². The summed E-state index contributed by atoms with van der Waals surface area (Å²) in [4.78, 5) is 25.2. The Morgan fingerprint density at radius 1 is 1.04 bits per heavy atom. The van der Waals surface area contributed by atoms with Gasteiger partial charge < -0.3 is 14.4 Å². The summed E-state index contributed by atoms with van der Waals surface area (Å²) < 4.78 is 5.43. The minimum Gasteiger partial charge on any atom is -0.445 e. The van der Waals surface area contributed by atoms with Crippen molar-refractivity contribution in [2.24, 2.45) is 5.92 Å². The lowest BCUT2D eigenvalue weighted by molar-refractivity contribution is -0.108. The topological polar surface area (TPSA) is 46.6 Å². The third kappa shape index (κ3) is 4.72. The first kappa shape index (κ1) is 18.2. The van der Waals surface area contributed by atoms with Crippen LogP contribution in [0.4, 0.5) is 4.79 Å². The van der Waals surface area contributed by atoms with Crippen LogP contribution in [-0.2, 0) is 16.1 Å². The largest absolute Gasteiger partial charge is 0.445 e. The lowest BCUT2D eigenvalue weighted by Crippen LogP contribution is -2.40. The van der Waals surface area contributed by atoms with Crippen molar-refractivity contribution in [3.8, 4) is 0 Å². The molecule has 2 aromatic carbocycles. The van der Waals surface area contributed by atoms with Crippen LogP contribution in [0, 0.1) is 5.92 Å². The summed E-state index contributed by atoms with van der Waals surface area (Å²) in [5, 5.41) is 0. The number of piperidine rings is 1. The fourth-order valence-corrected chi connectivity index (χ4v) is 3.70. The van der Waals surface area contributed by atoms with Crippen LogP contribution in [0.15, 0.2) is 60.7 Å². The zero-order chi connectivity index (χ0) is 18.2. The van der Waals surface area contributed by atoms with Gasteiger partial charge in [0.15, 0.2) is 0 Å². The first-order valence-corrected chi connectivity index (χ1v) is 9.22. The molecular weight excluding hydrogens is 326 g/mol. The van der Waals surface area contributed by atoms with Gasteiger partial charge >= 0.3 is 6.09 Å². The summed E-state index contributed by atoms with van der Waals surface area (Å²) in [5.74, 6) is 0.650. The molecule has 0 bridgehead atoms. The number of rotatable bonds is 6. The second-order valence-electron chi connectivity index (χ2n) is 6.78. The fourth-order valence-electron chi connectivity index (χ4n) is 3.70. The molecule has 136 valence electrons. The minimum absolute atomic E-state index is 0.233. The molecular formula is C22H25NO3. The van der Waals surface area contributed by atoms with Crippen molar-refractivity contribution in [2.75, 3.05) is 13.1 Å². The van der Waals surface area contributed by atoms with Crippen molar-refractivity contribution in [3.05, 3.63) is 71.8 Å². The summed E-state index contributed by atoms with van der Waals surface area (Å²) in [6, 6.07) is 19.9. The number of ether oxygens (including phenoxy) is 1. The second-order valence-corrected chi connectivity index (χ2v) is 6.78. The smallest absolute Gasteiger partial charge is 0.410 e. The van der Waals surface area contributed by atoms with Crippen molar-refractivity contribution in [2.45, 2.75) is 31.8 Å². The molecule has 4 nitrogen and oxygen atoms in total. The third-order valence-corrected chi connectivity index (χ3v) is 5.15. The van der Waals surface area contributed by atoms with Gasteiger partial charge in [0.2, 0.25) is 0 Å². The average molecular weight is 351 g/mol. The number of aldehydes is 1. The van der Waals surface area contributed by atoms with Crippen LogP contribution in [0.5, 0.6) is 0 Å².